The Kier molecular flexibility index (Phi) is 7.10. The number of nitrogens with zero attached hydrogens (tertiary/aromatic N) is 2. The van der Waals surface area contributed by atoms with Crippen LogP contribution in [0.15, 0.2) is 41.4 Å². The molecule has 4 rings (SSSR count). The normalized spacial score (nSPS) is 22.0. The maximum absolute atomic E-state index is 14.1. The van der Waals surface area contributed by atoms with Crippen molar-refractivity contribution in [1.29, 1.82) is 0 Å². The lowest BCUT2D eigenvalue weighted by Gasteiger charge is -2.44. The molecule has 0 unspecified atom stereocenters. The van der Waals surface area contributed by atoms with Gasteiger partial charge in [-0.2, -0.15) is 0 Å². The number of carbonyl (C=O) groups excluding carboxylic acids is 1. The summed E-state index contributed by atoms with van der Waals surface area (Å²) in [7, 11) is 4.53. The van der Waals surface area contributed by atoms with E-state index in [9.17, 15) is 9.18 Å². The average Bonchev–Trinajstić information content (AvgIpc) is 3.13. The van der Waals surface area contributed by atoms with Gasteiger partial charge in [-0.05, 0) is 61.3 Å². The van der Waals surface area contributed by atoms with Crippen molar-refractivity contribution in [2.75, 3.05) is 21.3 Å². The molecule has 2 aromatic carbocycles. The van der Waals surface area contributed by atoms with Crippen LogP contribution in [0.4, 0.5) is 4.39 Å². The molecule has 0 radical (unpaired) electrons. The monoisotopic (exact) mass is 512 g/mol. The van der Waals surface area contributed by atoms with Crippen LogP contribution in [0.2, 0.25) is 0 Å². The number of thiocarbonyl (C=S) groups is 1. The van der Waals surface area contributed by atoms with Gasteiger partial charge < -0.3 is 14.2 Å². The van der Waals surface area contributed by atoms with Gasteiger partial charge in [0.1, 0.15) is 22.2 Å². The van der Waals surface area contributed by atoms with Crippen molar-refractivity contribution in [3.8, 4) is 17.2 Å². The standard InChI is InChI=1S/C28H33FN2O4S/c1-27(2,3)19-10-12-28(13-11-19)30-23(17-8-7-9-20(29)14-17)26(36)31(28)25(32)18-15-21(33-4)24(35-6)22(16-18)34-5/h7-9,14-16,19H,10-13H2,1-6H3. The van der Waals surface area contributed by atoms with Gasteiger partial charge in [0, 0.05) is 11.1 Å². The molecule has 8 heteroatoms. The summed E-state index contributed by atoms with van der Waals surface area (Å²) in [5.74, 6) is 0.978. The summed E-state index contributed by atoms with van der Waals surface area (Å²) >= 11 is 5.86. The summed E-state index contributed by atoms with van der Waals surface area (Å²) in [6.45, 7) is 6.74. The summed E-state index contributed by atoms with van der Waals surface area (Å²) < 4.78 is 30.5. The fourth-order valence-electron chi connectivity index (χ4n) is 5.32. The molecule has 1 saturated carbocycles. The molecule has 0 saturated heterocycles. The third kappa shape index (κ3) is 4.59. The molecule has 2 aliphatic rings. The van der Waals surface area contributed by atoms with Crippen molar-refractivity contribution in [1.82, 2.24) is 4.90 Å². The highest BCUT2D eigenvalue weighted by Crippen LogP contribution is 2.48. The van der Waals surface area contributed by atoms with E-state index in [-0.39, 0.29) is 17.1 Å². The Bertz CT molecular complexity index is 1190. The number of methoxy groups -OCH3 is 3. The van der Waals surface area contributed by atoms with Gasteiger partial charge in [-0.15, -0.1) is 0 Å². The molecule has 1 heterocycles. The molecular weight excluding hydrogens is 479 g/mol. The number of benzene rings is 2. The Labute approximate surface area is 217 Å². The van der Waals surface area contributed by atoms with Gasteiger partial charge in [-0.25, -0.2) is 4.39 Å². The summed E-state index contributed by atoms with van der Waals surface area (Å²) in [5, 5.41) is 0. The molecule has 1 fully saturated rings. The molecule has 0 bridgehead atoms. The van der Waals surface area contributed by atoms with Gasteiger partial charge >= 0.3 is 0 Å². The third-order valence-electron chi connectivity index (χ3n) is 7.37. The Hall–Kier alpha value is -3.00. The zero-order valence-electron chi connectivity index (χ0n) is 21.7. The van der Waals surface area contributed by atoms with Gasteiger partial charge in [-0.3, -0.25) is 14.7 Å². The minimum atomic E-state index is -0.821. The van der Waals surface area contributed by atoms with Gasteiger partial charge in [0.25, 0.3) is 5.91 Å². The first-order valence-corrected chi connectivity index (χ1v) is 12.5. The van der Waals surface area contributed by atoms with Gasteiger partial charge in [-0.1, -0.05) is 45.1 Å². The number of hydrogen-bond acceptors (Lipinski definition) is 6. The summed E-state index contributed by atoms with van der Waals surface area (Å²) in [6.07, 6.45) is 3.16. The zero-order valence-corrected chi connectivity index (χ0v) is 22.5. The maximum atomic E-state index is 14.1. The molecule has 0 atom stereocenters. The SMILES string of the molecule is COc1cc(C(=O)N2C(=S)C(c3cccc(F)c3)=NC23CCC(C(C)(C)C)CC3)cc(OC)c1OC. The van der Waals surface area contributed by atoms with Gasteiger partial charge in [0.2, 0.25) is 5.75 Å². The van der Waals surface area contributed by atoms with Gasteiger partial charge in [0.05, 0.1) is 21.3 Å². The van der Waals surface area contributed by atoms with E-state index in [1.807, 2.05) is 0 Å². The summed E-state index contributed by atoms with van der Waals surface area (Å²) in [5.41, 5.74) is 0.719. The van der Waals surface area contributed by atoms with Crippen molar-refractivity contribution < 1.29 is 23.4 Å². The summed E-state index contributed by atoms with van der Waals surface area (Å²) in [6, 6.07) is 9.44. The van der Waals surface area contributed by atoms with E-state index in [0.29, 0.717) is 57.8 Å². The maximum Gasteiger partial charge on any atom is 0.261 e. The van der Waals surface area contributed by atoms with Crippen molar-refractivity contribution in [2.45, 2.75) is 52.1 Å². The number of carbonyl (C=O) groups is 1. The Morgan fingerprint density at radius 1 is 1.06 bits per heavy atom. The molecule has 192 valence electrons. The number of rotatable bonds is 5. The lowest BCUT2D eigenvalue weighted by molar-refractivity contribution is 0.0501. The quantitative estimate of drug-likeness (QED) is 0.456. The zero-order chi connectivity index (χ0) is 26.3. The largest absolute Gasteiger partial charge is 0.493 e. The molecular formula is C28H33FN2O4S. The van der Waals surface area contributed by atoms with Crippen molar-refractivity contribution >= 4 is 28.8 Å². The van der Waals surface area contributed by atoms with E-state index in [0.717, 1.165) is 12.8 Å². The predicted octanol–water partition coefficient (Wildman–Crippen LogP) is 6.06. The third-order valence-corrected chi connectivity index (χ3v) is 7.74. The molecule has 6 nitrogen and oxygen atoms in total. The van der Waals surface area contributed by atoms with Crippen LogP contribution in [-0.2, 0) is 0 Å². The molecule has 1 spiro atoms. The topological polar surface area (TPSA) is 60.4 Å². The molecule has 0 N–H and O–H groups in total. The van der Waals surface area contributed by atoms with E-state index >= 15 is 0 Å². The van der Waals surface area contributed by atoms with Crippen LogP contribution in [-0.4, -0.2) is 48.5 Å². The highest BCUT2D eigenvalue weighted by Gasteiger charge is 2.51. The van der Waals surface area contributed by atoms with Crippen LogP contribution in [0.5, 0.6) is 17.2 Å². The molecule has 1 aliphatic heterocycles. The highest BCUT2D eigenvalue weighted by atomic mass is 32.1. The van der Waals surface area contributed by atoms with Crippen LogP contribution in [0.25, 0.3) is 0 Å². The first-order chi connectivity index (χ1) is 17.0. The van der Waals surface area contributed by atoms with Crippen molar-refractivity contribution in [2.24, 2.45) is 16.3 Å². The van der Waals surface area contributed by atoms with E-state index in [2.05, 4.69) is 20.8 Å². The number of hydrogen-bond donors (Lipinski definition) is 0. The van der Waals surface area contributed by atoms with Crippen LogP contribution >= 0.6 is 12.2 Å². The Morgan fingerprint density at radius 3 is 2.17 bits per heavy atom. The average molecular weight is 513 g/mol. The van der Waals surface area contributed by atoms with Crippen LogP contribution in [0, 0.1) is 17.2 Å². The van der Waals surface area contributed by atoms with Crippen LogP contribution in [0.3, 0.4) is 0 Å². The molecule has 36 heavy (non-hydrogen) atoms. The first kappa shape index (κ1) is 26.1. The van der Waals surface area contributed by atoms with Crippen molar-refractivity contribution in [3.63, 3.8) is 0 Å². The molecule has 1 amide bonds. The fraction of sp³-hybridized carbons (Fsp3) is 0.464. The molecule has 0 aromatic heterocycles. The summed E-state index contributed by atoms with van der Waals surface area (Å²) in [4.78, 5) is 21.1. The number of amides is 1. The second-order valence-electron chi connectivity index (χ2n) is 10.5. The van der Waals surface area contributed by atoms with E-state index in [1.54, 1.807) is 29.2 Å². The minimum Gasteiger partial charge on any atom is -0.493 e. The fourth-order valence-corrected chi connectivity index (χ4v) is 5.74. The van der Waals surface area contributed by atoms with Crippen LogP contribution < -0.4 is 14.2 Å². The first-order valence-electron chi connectivity index (χ1n) is 12.1. The van der Waals surface area contributed by atoms with E-state index in [1.165, 1.54) is 33.5 Å². The number of ether oxygens (including phenoxy) is 3. The Balaban J connectivity index is 1.79. The molecule has 1 aliphatic carbocycles. The second kappa shape index (κ2) is 9.81. The number of halogens is 1. The molecule has 2 aromatic rings. The lowest BCUT2D eigenvalue weighted by Crippen LogP contribution is -2.52. The minimum absolute atomic E-state index is 0.154. The Morgan fingerprint density at radius 2 is 1.67 bits per heavy atom. The smallest absolute Gasteiger partial charge is 0.261 e. The van der Waals surface area contributed by atoms with E-state index in [4.69, 9.17) is 31.4 Å². The highest BCUT2D eigenvalue weighted by molar-refractivity contribution is 7.82. The van der Waals surface area contributed by atoms with Gasteiger partial charge in [0.15, 0.2) is 11.5 Å². The van der Waals surface area contributed by atoms with Crippen LogP contribution in [0.1, 0.15) is 62.4 Å². The van der Waals surface area contributed by atoms with Crippen molar-refractivity contribution in [3.05, 3.63) is 53.3 Å². The lowest BCUT2D eigenvalue weighted by atomic mass is 9.69. The number of aliphatic imine (C=N–C) groups is 1. The predicted molar refractivity (Wildman–Crippen MR) is 142 cm³/mol. The van der Waals surface area contributed by atoms with E-state index < -0.39 is 5.66 Å². The second-order valence-corrected chi connectivity index (χ2v) is 10.8.